The number of sulfonamides is 1. The van der Waals surface area contributed by atoms with Crippen molar-refractivity contribution in [2.24, 2.45) is 0 Å². The van der Waals surface area contributed by atoms with E-state index in [0.29, 0.717) is 29.2 Å². The normalized spacial score (nSPS) is 17.0. The van der Waals surface area contributed by atoms with Gasteiger partial charge < -0.3 is 5.32 Å². The van der Waals surface area contributed by atoms with Crippen LogP contribution in [-0.4, -0.2) is 62.0 Å². The highest BCUT2D eigenvalue weighted by atomic mass is 32.2. The van der Waals surface area contributed by atoms with Gasteiger partial charge in [0.25, 0.3) is 0 Å². The molecule has 2 aromatic rings. The van der Waals surface area contributed by atoms with Gasteiger partial charge in [-0.3, -0.25) is 14.5 Å². The van der Waals surface area contributed by atoms with Crippen LogP contribution in [0.15, 0.2) is 29.2 Å². The van der Waals surface area contributed by atoms with Crippen LogP contribution >= 0.6 is 11.3 Å². The number of rotatable bonds is 6. The molecule has 8 nitrogen and oxygen atoms in total. The lowest BCUT2D eigenvalue weighted by atomic mass is 10.1. The molecule has 1 amide bonds. The van der Waals surface area contributed by atoms with E-state index in [-0.39, 0.29) is 36.2 Å². The third kappa shape index (κ3) is 4.47. The van der Waals surface area contributed by atoms with Gasteiger partial charge in [-0.1, -0.05) is 12.1 Å². The van der Waals surface area contributed by atoms with Crippen LogP contribution in [0.4, 0.5) is 5.00 Å². The maximum Gasteiger partial charge on any atom is 0.243 e. The quantitative estimate of drug-likeness (QED) is 0.646. The summed E-state index contributed by atoms with van der Waals surface area (Å²) in [6.45, 7) is 3.01. The van der Waals surface area contributed by atoms with E-state index in [1.807, 2.05) is 4.90 Å². The molecule has 0 spiro atoms. The summed E-state index contributed by atoms with van der Waals surface area (Å²) in [5.41, 5.74) is 2.13. The van der Waals surface area contributed by atoms with E-state index in [1.54, 1.807) is 0 Å². The number of amides is 1. The molecule has 10 heteroatoms. The van der Waals surface area contributed by atoms with Crippen molar-refractivity contribution in [1.29, 1.82) is 5.26 Å². The minimum atomic E-state index is -3.65. The molecule has 2 heterocycles. The molecule has 1 aliphatic heterocycles. The molecule has 1 saturated heterocycles. The van der Waals surface area contributed by atoms with E-state index in [9.17, 15) is 23.3 Å². The average Bonchev–Trinajstić information content (AvgIpc) is 3.34. The number of piperazine rings is 1. The van der Waals surface area contributed by atoms with Gasteiger partial charge >= 0.3 is 0 Å². The fourth-order valence-corrected chi connectivity index (χ4v) is 6.80. The zero-order valence-electron chi connectivity index (χ0n) is 17.8. The first-order chi connectivity index (χ1) is 15.3. The molecule has 0 atom stereocenters. The monoisotopic (exact) mass is 472 g/mol. The van der Waals surface area contributed by atoms with Gasteiger partial charge in [-0.15, -0.1) is 11.3 Å². The number of thiophene rings is 1. The van der Waals surface area contributed by atoms with Gasteiger partial charge in [0.2, 0.25) is 15.9 Å². The number of benzene rings is 1. The van der Waals surface area contributed by atoms with E-state index in [2.05, 4.69) is 11.4 Å². The number of aryl methyl sites for hydroxylation is 1. The fraction of sp³-hybridized carbons (Fsp3) is 0.409. The van der Waals surface area contributed by atoms with Crippen molar-refractivity contribution in [2.45, 2.75) is 31.1 Å². The number of nitrogens with one attached hydrogen (secondary N) is 1. The van der Waals surface area contributed by atoms with Gasteiger partial charge in [0.1, 0.15) is 11.1 Å². The molecule has 0 radical (unpaired) electrons. The van der Waals surface area contributed by atoms with Gasteiger partial charge in [0.05, 0.1) is 17.0 Å². The maximum absolute atomic E-state index is 12.9. The number of nitriles is 1. The number of carbonyl (C=O) groups excluding carboxylic acids is 2. The highest BCUT2D eigenvalue weighted by molar-refractivity contribution is 7.89. The second kappa shape index (κ2) is 9.11. The van der Waals surface area contributed by atoms with Gasteiger partial charge in [-0.25, -0.2) is 8.42 Å². The Labute approximate surface area is 191 Å². The molecule has 1 N–H and O–H groups in total. The number of nitrogens with zero attached hydrogens (tertiary/aromatic N) is 3. The summed E-state index contributed by atoms with van der Waals surface area (Å²) in [7, 11) is -3.65. The molecule has 0 bridgehead atoms. The lowest BCUT2D eigenvalue weighted by molar-refractivity contribution is -0.117. The highest BCUT2D eigenvalue weighted by Gasteiger charge is 2.29. The van der Waals surface area contributed by atoms with Crippen molar-refractivity contribution in [3.8, 4) is 6.07 Å². The molecule has 2 aliphatic rings. The Morgan fingerprint density at radius 3 is 2.44 bits per heavy atom. The van der Waals surface area contributed by atoms with Crippen molar-refractivity contribution in [3.05, 3.63) is 45.8 Å². The highest BCUT2D eigenvalue weighted by Crippen LogP contribution is 2.38. The summed E-state index contributed by atoms with van der Waals surface area (Å²) in [6, 6.07) is 8.17. The van der Waals surface area contributed by atoms with Crippen molar-refractivity contribution in [3.63, 3.8) is 0 Å². The van der Waals surface area contributed by atoms with Gasteiger partial charge in [-0.05, 0) is 43.9 Å². The maximum atomic E-state index is 12.9. The average molecular weight is 473 g/mol. The lowest BCUT2D eigenvalue weighted by Crippen LogP contribution is -2.50. The van der Waals surface area contributed by atoms with E-state index >= 15 is 0 Å². The number of anilines is 1. The summed E-state index contributed by atoms with van der Waals surface area (Å²) >= 11 is 1.49. The number of hydrogen-bond donors (Lipinski definition) is 1. The number of hydrogen-bond acceptors (Lipinski definition) is 7. The number of ketones is 1. The van der Waals surface area contributed by atoms with Crippen LogP contribution in [0.1, 0.15) is 39.7 Å². The van der Waals surface area contributed by atoms with E-state index in [4.69, 9.17) is 0 Å². The van der Waals surface area contributed by atoms with Crippen molar-refractivity contribution >= 4 is 38.1 Å². The summed E-state index contributed by atoms with van der Waals surface area (Å²) in [4.78, 5) is 27.2. The predicted octanol–water partition coefficient (Wildman–Crippen LogP) is 2.26. The Kier molecular flexibility index (Phi) is 6.44. The van der Waals surface area contributed by atoms with Gasteiger partial charge in [0, 0.05) is 36.6 Å². The smallest absolute Gasteiger partial charge is 0.243 e. The Bertz CT molecular complexity index is 1190. The first kappa shape index (κ1) is 22.6. The molecule has 1 aromatic heterocycles. The van der Waals surface area contributed by atoms with Gasteiger partial charge in [0.15, 0.2) is 5.78 Å². The van der Waals surface area contributed by atoms with Crippen LogP contribution in [0.2, 0.25) is 0 Å². The van der Waals surface area contributed by atoms with Crippen LogP contribution in [0.3, 0.4) is 0 Å². The Balaban J connectivity index is 1.33. The molecule has 1 aromatic carbocycles. The molecular weight excluding hydrogens is 448 g/mol. The predicted molar refractivity (Wildman–Crippen MR) is 121 cm³/mol. The molecule has 32 heavy (non-hydrogen) atoms. The van der Waals surface area contributed by atoms with E-state index in [1.165, 1.54) is 51.7 Å². The van der Waals surface area contributed by atoms with Crippen molar-refractivity contribution in [1.82, 2.24) is 9.21 Å². The standard InChI is InChI=1S/C22H24N4O4S2/c1-15(27)16-5-7-17(8-6-16)32(29,30)26-11-9-25(10-12-26)14-21(28)24-22-19(13-23)18-3-2-4-20(18)31-22/h5-8H,2-4,9-12,14H2,1H3,(H,24,28). The Morgan fingerprint density at radius 1 is 1.12 bits per heavy atom. The lowest BCUT2D eigenvalue weighted by Gasteiger charge is -2.33. The van der Waals surface area contributed by atoms with Gasteiger partial charge in [-0.2, -0.15) is 9.57 Å². The minimum absolute atomic E-state index is 0.116. The molecular formula is C22H24N4O4S2. The van der Waals surface area contributed by atoms with Crippen LogP contribution in [0.5, 0.6) is 0 Å². The summed E-state index contributed by atoms with van der Waals surface area (Å²) in [5.74, 6) is -0.313. The Hall–Kier alpha value is -2.58. The second-order valence-electron chi connectivity index (χ2n) is 7.98. The first-order valence-corrected chi connectivity index (χ1v) is 12.7. The summed E-state index contributed by atoms with van der Waals surface area (Å²) in [5, 5.41) is 13.0. The molecule has 1 aliphatic carbocycles. The summed E-state index contributed by atoms with van der Waals surface area (Å²) < 4.78 is 27.2. The van der Waals surface area contributed by atoms with E-state index < -0.39 is 10.0 Å². The molecule has 168 valence electrons. The first-order valence-electron chi connectivity index (χ1n) is 10.5. The second-order valence-corrected chi connectivity index (χ2v) is 11.0. The minimum Gasteiger partial charge on any atom is -0.315 e. The molecule has 0 unspecified atom stereocenters. The third-order valence-corrected chi connectivity index (χ3v) is 9.00. The van der Waals surface area contributed by atoms with Crippen molar-refractivity contribution < 1.29 is 18.0 Å². The topological polar surface area (TPSA) is 111 Å². The molecule has 4 rings (SSSR count). The zero-order chi connectivity index (χ0) is 22.9. The van der Waals surface area contributed by atoms with Crippen LogP contribution in [0.25, 0.3) is 0 Å². The molecule has 0 saturated carbocycles. The van der Waals surface area contributed by atoms with Crippen LogP contribution in [-0.2, 0) is 27.7 Å². The molecule has 1 fully saturated rings. The number of fused-ring (bicyclic) bond motifs is 1. The van der Waals surface area contributed by atoms with Crippen LogP contribution in [0, 0.1) is 11.3 Å². The van der Waals surface area contributed by atoms with E-state index in [0.717, 1.165) is 24.8 Å². The van der Waals surface area contributed by atoms with Crippen molar-refractivity contribution in [2.75, 3.05) is 38.0 Å². The SMILES string of the molecule is CC(=O)c1ccc(S(=O)(=O)N2CCN(CC(=O)Nc3sc4c(c3C#N)CCC4)CC2)cc1. The Morgan fingerprint density at radius 2 is 1.81 bits per heavy atom. The zero-order valence-corrected chi connectivity index (χ0v) is 19.4. The fourth-order valence-electron chi connectivity index (χ4n) is 4.12. The third-order valence-electron chi connectivity index (χ3n) is 5.88. The number of carbonyl (C=O) groups is 2. The number of Topliss-reactive ketones (excluding diaryl/α,β-unsaturated/α-hetero) is 1. The summed E-state index contributed by atoms with van der Waals surface area (Å²) in [6.07, 6.45) is 2.90. The largest absolute Gasteiger partial charge is 0.315 e. The van der Waals surface area contributed by atoms with Crippen LogP contribution < -0.4 is 5.32 Å².